The Bertz CT molecular complexity index is 304. The van der Waals surface area contributed by atoms with E-state index in [1.807, 2.05) is 0 Å². The van der Waals surface area contributed by atoms with Gasteiger partial charge in [0, 0.05) is 26.1 Å². The molecule has 1 saturated heterocycles. The molecule has 110 valence electrons. The van der Waals surface area contributed by atoms with Gasteiger partial charge in [-0.15, -0.1) is 0 Å². The van der Waals surface area contributed by atoms with Crippen molar-refractivity contribution in [2.24, 2.45) is 0 Å². The topological polar surface area (TPSA) is 81.7 Å². The molecule has 1 amide bonds. The summed E-state index contributed by atoms with van der Waals surface area (Å²) in [6.07, 6.45) is 3.79. The van der Waals surface area contributed by atoms with Crippen LogP contribution < -0.4 is 10.6 Å². The quantitative estimate of drug-likeness (QED) is 0.609. The van der Waals surface area contributed by atoms with Crippen LogP contribution in [0.5, 0.6) is 0 Å². The number of likely N-dealkylation sites (tertiary alicyclic amines) is 1. The number of hydrogen-bond acceptors (Lipinski definition) is 4. The summed E-state index contributed by atoms with van der Waals surface area (Å²) < 4.78 is 0. The lowest BCUT2D eigenvalue weighted by Crippen LogP contribution is -2.49. The molecule has 1 rings (SSSR count). The highest BCUT2D eigenvalue weighted by molar-refractivity contribution is 5.82. The molecule has 1 fully saturated rings. The number of rotatable bonds is 7. The Morgan fingerprint density at radius 3 is 2.37 bits per heavy atom. The van der Waals surface area contributed by atoms with Crippen molar-refractivity contribution >= 4 is 11.9 Å². The standard InChI is InChI=1S/C13H25N3O3/c1-10(16-6-4-3-5-7-16)8-14-9-12(13(18)19)15-11(2)17/h10,12,14H,3-9H2,1-2H3,(H,15,17)(H,18,19). The Morgan fingerprint density at radius 1 is 1.21 bits per heavy atom. The first-order valence-corrected chi connectivity index (χ1v) is 6.95. The van der Waals surface area contributed by atoms with E-state index >= 15 is 0 Å². The highest BCUT2D eigenvalue weighted by Gasteiger charge is 2.20. The van der Waals surface area contributed by atoms with Gasteiger partial charge >= 0.3 is 5.97 Å². The van der Waals surface area contributed by atoms with E-state index in [1.54, 1.807) is 0 Å². The van der Waals surface area contributed by atoms with E-state index in [1.165, 1.54) is 26.2 Å². The summed E-state index contributed by atoms with van der Waals surface area (Å²) in [7, 11) is 0. The van der Waals surface area contributed by atoms with Crippen molar-refractivity contribution in [2.75, 3.05) is 26.2 Å². The third-order valence-corrected chi connectivity index (χ3v) is 3.48. The van der Waals surface area contributed by atoms with Gasteiger partial charge in [0.25, 0.3) is 0 Å². The largest absolute Gasteiger partial charge is 0.480 e. The average Bonchev–Trinajstić information content (AvgIpc) is 2.37. The lowest BCUT2D eigenvalue weighted by Gasteiger charge is -2.32. The molecule has 1 aliphatic rings. The molecule has 0 aromatic carbocycles. The van der Waals surface area contributed by atoms with Crippen LogP contribution in [-0.2, 0) is 9.59 Å². The van der Waals surface area contributed by atoms with Crippen LogP contribution in [0.2, 0.25) is 0 Å². The predicted molar refractivity (Wildman–Crippen MR) is 73.0 cm³/mol. The maximum atomic E-state index is 10.9. The number of hydrogen-bond donors (Lipinski definition) is 3. The van der Waals surface area contributed by atoms with E-state index in [0.29, 0.717) is 6.04 Å². The Labute approximate surface area is 114 Å². The molecule has 2 atom stereocenters. The summed E-state index contributed by atoms with van der Waals surface area (Å²) in [6, 6.07) is -0.460. The van der Waals surface area contributed by atoms with Gasteiger partial charge in [0.05, 0.1) is 0 Å². The van der Waals surface area contributed by atoms with Crippen LogP contribution in [-0.4, -0.2) is 60.1 Å². The number of carbonyl (C=O) groups is 2. The van der Waals surface area contributed by atoms with Crippen molar-refractivity contribution in [1.29, 1.82) is 0 Å². The van der Waals surface area contributed by atoms with Crippen molar-refractivity contribution < 1.29 is 14.7 Å². The summed E-state index contributed by atoms with van der Waals surface area (Å²) in [5.41, 5.74) is 0. The van der Waals surface area contributed by atoms with Crippen molar-refractivity contribution in [1.82, 2.24) is 15.5 Å². The fourth-order valence-electron chi connectivity index (χ4n) is 2.37. The van der Waals surface area contributed by atoms with Crippen LogP contribution in [0.15, 0.2) is 0 Å². The first kappa shape index (κ1) is 15.9. The maximum absolute atomic E-state index is 10.9. The zero-order valence-electron chi connectivity index (χ0n) is 11.8. The summed E-state index contributed by atoms with van der Waals surface area (Å²) in [5, 5.41) is 14.5. The molecule has 0 spiro atoms. The van der Waals surface area contributed by atoms with Gasteiger partial charge in [-0.2, -0.15) is 0 Å². The van der Waals surface area contributed by atoms with E-state index in [0.717, 1.165) is 19.6 Å². The molecule has 0 aliphatic carbocycles. The number of nitrogens with zero attached hydrogens (tertiary/aromatic N) is 1. The van der Waals surface area contributed by atoms with Gasteiger partial charge < -0.3 is 15.7 Å². The smallest absolute Gasteiger partial charge is 0.327 e. The maximum Gasteiger partial charge on any atom is 0.327 e. The first-order chi connectivity index (χ1) is 9.00. The van der Waals surface area contributed by atoms with Gasteiger partial charge in [-0.05, 0) is 32.9 Å². The first-order valence-electron chi connectivity index (χ1n) is 6.95. The van der Waals surface area contributed by atoms with E-state index in [4.69, 9.17) is 5.11 Å². The van der Waals surface area contributed by atoms with Gasteiger partial charge in [0.2, 0.25) is 5.91 Å². The number of carboxylic acid groups (broad SMARTS) is 1. The van der Waals surface area contributed by atoms with Gasteiger partial charge in [-0.3, -0.25) is 9.69 Å². The molecule has 6 heteroatoms. The lowest BCUT2D eigenvalue weighted by molar-refractivity contribution is -0.141. The molecule has 0 aromatic heterocycles. The second-order valence-electron chi connectivity index (χ2n) is 5.20. The van der Waals surface area contributed by atoms with Crippen LogP contribution in [0.1, 0.15) is 33.1 Å². The molecule has 0 radical (unpaired) electrons. The summed E-state index contributed by atoms with van der Waals surface area (Å²) in [5.74, 6) is -1.33. The third kappa shape index (κ3) is 6.02. The van der Waals surface area contributed by atoms with E-state index in [2.05, 4.69) is 22.5 Å². The van der Waals surface area contributed by atoms with Gasteiger partial charge in [-0.1, -0.05) is 6.42 Å². The highest BCUT2D eigenvalue weighted by atomic mass is 16.4. The number of aliphatic carboxylic acids is 1. The van der Waals surface area contributed by atoms with Crippen LogP contribution in [0.25, 0.3) is 0 Å². The van der Waals surface area contributed by atoms with Gasteiger partial charge in [0.15, 0.2) is 0 Å². The lowest BCUT2D eigenvalue weighted by atomic mass is 10.1. The van der Waals surface area contributed by atoms with Crippen LogP contribution in [0, 0.1) is 0 Å². The van der Waals surface area contributed by atoms with Crippen molar-refractivity contribution in [3.05, 3.63) is 0 Å². The number of nitrogens with one attached hydrogen (secondary N) is 2. The summed E-state index contributed by atoms with van der Waals surface area (Å²) in [4.78, 5) is 24.3. The molecule has 2 unspecified atom stereocenters. The minimum Gasteiger partial charge on any atom is -0.480 e. The molecule has 0 bridgehead atoms. The SMILES string of the molecule is CC(=O)NC(CNCC(C)N1CCCCC1)C(=O)O. The summed E-state index contributed by atoms with van der Waals surface area (Å²) in [6.45, 7) is 6.71. The number of carbonyl (C=O) groups excluding carboxylic acids is 1. The fraction of sp³-hybridized carbons (Fsp3) is 0.846. The third-order valence-electron chi connectivity index (χ3n) is 3.48. The highest BCUT2D eigenvalue weighted by Crippen LogP contribution is 2.11. The molecular weight excluding hydrogens is 246 g/mol. The Morgan fingerprint density at radius 2 is 1.84 bits per heavy atom. The summed E-state index contributed by atoms with van der Waals surface area (Å²) >= 11 is 0. The van der Waals surface area contributed by atoms with E-state index < -0.39 is 12.0 Å². The molecule has 0 aromatic rings. The Kier molecular flexibility index (Phi) is 6.80. The zero-order chi connectivity index (χ0) is 14.3. The van der Waals surface area contributed by atoms with E-state index in [9.17, 15) is 9.59 Å². The number of amides is 1. The molecule has 1 heterocycles. The predicted octanol–water partition coefficient (Wildman–Crippen LogP) is 0.0397. The van der Waals surface area contributed by atoms with Crippen molar-refractivity contribution in [3.8, 4) is 0 Å². The number of carboxylic acids is 1. The Balaban J connectivity index is 2.26. The molecule has 3 N–H and O–H groups in total. The van der Waals surface area contributed by atoms with Gasteiger partial charge in [-0.25, -0.2) is 4.79 Å². The molecule has 6 nitrogen and oxygen atoms in total. The number of piperidine rings is 1. The zero-order valence-corrected chi connectivity index (χ0v) is 11.8. The monoisotopic (exact) mass is 271 g/mol. The molecule has 19 heavy (non-hydrogen) atoms. The molecule has 0 saturated carbocycles. The Hall–Kier alpha value is -1.14. The van der Waals surface area contributed by atoms with Crippen LogP contribution >= 0.6 is 0 Å². The second kappa shape index (κ2) is 8.12. The molecular formula is C13H25N3O3. The fourth-order valence-corrected chi connectivity index (χ4v) is 2.37. The second-order valence-corrected chi connectivity index (χ2v) is 5.20. The van der Waals surface area contributed by atoms with E-state index in [-0.39, 0.29) is 12.5 Å². The normalized spacial score (nSPS) is 19.7. The minimum atomic E-state index is -1.01. The van der Waals surface area contributed by atoms with Crippen molar-refractivity contribution in [3.63, 3.8) is 0 Å². The molecule has 1 aliphatic heterocycles. The average molecular weight is 271 g/mol. The van der Waals surface area contributed by atoms with Crippen LogP contribution in [0.3, 0.4) is 0 Å². The van der Waals surface area contributed by atoms with Gasteiger partial charge in [0.1, 0.15) is 6.04 Å². The van der Waals surface area contributed by atoms with Crippen LogP contribution in [0.4, 0.5) is 0 Å². The van der Waals surface area contributed by atoms with Crippen molar-refractivity contribution in [2.45, 2.75) is 45.2 Å². The minimum absolute atomic E-state index is 0.257.